The number of hydrogen-bond acceptors (Lipinski definition) is 5. The first kappa shape index (κ1) is 14.3. The quantitative estimate of drug-likeness (QED) is 0.654. The fourth-order valence-electron chi connectivity index (χ4n) is 1.68. The molecule has 0 radical (unpaired) electrons. The Bertz CT molecular complexity index is 661. The molecule has 2 aromatic rings. The van der Waals surface area contributed by atoms with Gasteiger partial charge in [-0.3, -0.25) is 10.1 Å². The molecule has 1 aromatic heterocycles. The number of rotatable bonds is 4. The second-order valence-electron chi connectivity index (χ2n) is 4.19. The molecule has 0 unspecified atom stereocenters. The topological polar surface area (TPSA) is 80.1 Å². The maximum atomic E-state index is 10.9. The number of halogens is 1. The molecule has 0 saturated carbocycles. The van der Waals surface area contributed by atoms with E-state index in [1.54, 1.807) is 7.05 Å². The predicted octanol–water partition coefficient (Wildman–Crippen LogP) is 3.85. The molecule has 0 bridgehead atoms. The lowest BCUT2D eigenvalue weighted by atomic mass is 10.2. The van der Waals surface area contributed by atoms with E-state index in [1.165, 1.54) is 12.1 Å². The third kappa shape index (κ3) is 3.24. The van der Waals surface area contributed by atoms with Gasteiger partial charge < -0.3 is 10.6 Å². The number of benzene rings is 1. The van der Waals surface area contributed by atoms with Gasteiger partial charge in [0.1, 0.15) is 11.6 Å². The highest BCUT2D eigenvalue weighted by Crippen LogP contribution is 2.25. The standard InChI is InChI=1S/C13H13BrN4O2/c1-8-5-9(3-4-11(8)14)16-13-7-10(18(19)20)6-12(15-2)17-13/h3-7H,1-2H3,(H2,15,16,17). The first-order valence-electron chi connectivity index (χ1n) is 5.87. The van der Waals surface area contributed by atoms with E-state index < -0.39 is 4.92 Å². The van der Waals surface area contributed by atoms with Crippen LogP contribution in [-0.2, 0) is 0 Å². The van der Waals surface area contributed by atoms with Gasteiger partial charge >= 0.3 is 0 Å². The molecule has 1 aromatic carbocycles. The Balaban J connectivity index is 2.34. The number of nitrogens with one attached hydrogen (secondary N) is 2. The summed E-state index contributed by atoms with van der Waals surface area (Å²) in [7, 11) is 1.67. The van der Waals surface area contributed by atoms with E-state index in [2.05, 4.69) is 31.5 Å². The Morgan fingerprint density at radius 2 is 1.95 bits per heavy atom. The first-order chi connectivity index (χ1) is 9.49. The lowest BCUT2D eigenvalue weighted by Gasteiger charge is -2.09. The molecule has 0 saturated heterocycles. The van der Waals surface area contributed by atoms with Crippen molar-refractivity contribution in [2.45, 2.75) is 6.92 Å². The zero-order valence-corrected chi connectivity index (χ0v) is 12.6. The third-order valence-electron chi connectivity index (χ3n) is 2.71. The minimum Gasteiger partial charge on any atom is -0.373 e. The Labute approximate surface area is 124 Å². The number of pyridine rings is 1. The largest absolute Gasteiger partial charge is 0.373 e. The number of hydrogen-bond donors (Lipinski definition) is 2. The van der Waals surface area contributed by atoms with Crippen LogP contribution < -0.4 is 10.6 Å². The molecule has 0 spiro atoms. The average Bonchev–Trinajstić information content (AvgIpc) is 2.42. The summed E-state index contributed by atoms with van der Waals surface area (Å²) in [6, 6.07) is 8.50. The minimum absolute atomic E-state index is 0.0133. The number of nitrogens with zero attached hydrogens (tertiary/aromatic N) is 2. The summed E-state index contributed by atoms with van der Waals surface area (Å²) in [5.41, 5.74) is 1.87. The van der Waals surface area contributed by atoms with E-state index in [-0.39, 0.29) is 5.69 Å². The van der Waals surface area contributed by atoms with Crippen LogP contribution in [-0.4, -0.2) is 17.0 Å². The molecule has 104 valence electrons. The van der Waals surface area contributed by atoms with Crippen LogP contribution in [0.2, 0.25) is 0 Å². The van der Waals surface area contributed by atoms with Crippen molar-refractivity contribution in [1.29, 1.82) is 0 Å². The second kappa shape index (κ2) is 5.87. The molecule has 1 heterocycles. The molecule has 6 nitrogen and oxygen atoms in total. The number of anilines is 3. The Morgan fingerprint density at radius 1 is 1.25 bits per heavy atom. The summed E-state index contributed by atoms with van der Waals surface area (Å²) in [5, 5.41) is 16.8. The van der Waals surface area contributed by atoms with Gasteiger partial charge in [-0.15, -0.1) is 0 Å². The maximum absolute atomic E-state index is 10.9. The van der Waals surface area contributed by atoms with Gasteiger partial charge in [-0.1, -0.05) is 15.9 Å². The van der Waals surface area contributed by atoms with Crippen molar-refractivity contribution < 1.29 is 4.92 Å². The van der Waals surface area contributed by atoms with E-state index in [4.69, 9.17) is 0 Å². The highest BCUT2D eigenvalue weighted by atomic mass is 79.9. The van der Waals surface area contributed by atoms with Crippen molar-refractivity contribution in [2.24, 2.45) is 0 Å². The molecule has 7 heteroatoms. The van der Waals surface area contributed by atoms with Crippen LogP contribution in [0.4, 0.5) is 23.0 Å². The van der Waals surface area contributed by atoms with Crippen molar-refractivity contribution in [2.75, 3.05) is 17.7 Å². The van der Waals surface area contributed by atoms with Gasteiger partial charge in [0.05, 0.1) is 17.1 Å². The average molecular weight is 337 g/mol. The molecule has 2 rings (SSSR count). The highest BCUT2D eigenvalue weighted by molar-refractivity contribution is 9.10. The molecule has 0 amide bonds. The monoisotopic (exact) mass is 336 g/mol. The summed E-state index contributed by atoms with van der Waals surface area (Å²) in [4.78, 5) is 14.7. The van der Waals surface area contributed by atoms with Crippen LogP contribution in [0.5, 0.6) is 0 Å². The van der Waals surface area contributed by atoms with Gasteiger partial charge in [-0.25, -0.2) is 4.98 Å². The van der Waals surface area contributed by atoms with Crippen molar-refractivity contribution in [3.63, 3.8) is 0 Å². The van der Waals surface area contributed by atoms with Gasteiger partial charge in [-0.05, 0) is 30.7 Å². The molecule has 0 aliphatic heterocycles. The summed E-state index contributed by atoms with van der Waals surface area (Å²) in [6.07, 6.45) is 0. The normalized spacial score (nSPS) is 10.2. The molecular formula is C13H13BrN4O2. The minimum atomic E-state index is -0.444. The van der Waals surface area contributed by atoms with Crippen molar-refractivity contribution in [1.82, 2.24) is 4.98 Å². The van der Waals surface area contributed by atoms with Gasteiger partial charge in [0.2, 0.25) is 0 Å². The van der Waals surface area contributed by atoms with Crippen LogP contribution in [0.15, 0.2) is 34.8 Å². The van der Waals surface area contributed by atoms with Gasteiger partial charge in [0.15, 0.2) is 0 Å². The highest BCUT2D eigenvalue weighted by Gasteiger charge is 2.11. The van der Waals surface area contributed by atoms with Crippen molar-refractivity contribution >= 4 is 38.9 Å². The molecule has 0 aliphatic carbocycles. The summed E-state index contributed by atoms with van der Waals surface area (Å²) in [5.74, 6) is 0.862. The second-order valence-corrected chi connectivity index (χ2v) is 5.05. The number of aromatic nitrogens is 1. The molecular weight excluding hydrogens is 324 g/mol. The fourth-order valence-corrected chi connectivity index (χ4v) is 1.93. The Morgan fingerprint density at radius 3 is 2.55 bits per heavy atom. The zero-order valence-electron chi connectivity index (χ0n) is 11.0. The predicted molar refractivity (Wildman–Crippen MR) is 82.6 cm³/mol. The molecule has 0 aliphatic rings. The van der Waals surface area contributed by atoms with Crippen LogP contribution in [0, 0.1) is 17.0 Å². The van der Waals surface area contributed by atoms with E-state index in [0.29, 0.717) is 11.6 Å². The van der Waals surface area contributed by atoms with Gasteiger partial charge in [0.25, 0.3) is 5.69 Å². The van der Waals surface area contributed by atoms with Crippen LogP contribution in [0.1, 0.15) is 5.56 Å². The fraction of sp³-hybridized carbons (Fsp3) is 0.154. The summed E-state index contributed by atoms with van der Waals surface area (Å²) >= 11 is 3.43. The Hall–Kier alpha value is -2.15. The lowest BCUT2D eigenvalue weighted by molar-refractivity contribution is -0.384. The van der Waals surface area contributed by atoms with Crippen molar-refractivity contribution in [3.8, 4) is 0 Å². The van der Waals surface area contributed by atoms with Gasteiger partial charge in [-0.2, -0.15) is 0 Å². The number of aryl methyl sites for hydroxylation is 1. The van der Waals surface area contributed by atoms with Gasteiger partial charge in [0, 0.05) is 17.2 Å². The molecule has 20 heavy (non-hydrogen) atoms. The van der Waals surface area contributed by atoms with Crippen LogP contribution >= 0.6 is 15.9 Å². The van der Waals surface area contributed by atoms with E-state index in [9.17, 15) is 10.1 Å². The van der Waals surface area contributed by atoms with E-state index in [1.807, 2.05) is 25.1 Å². The maximum Gasteiger partial charge on any atom is 0.276 e. The third-order valence-corrected chi connectivity index (χ3v) is 3.60. The lowest BCUT2D eigenvalue weighted by Crippen LogP contribution is -2.00. The SMILES string of the molecule is CNc1cc([N+](=O)[O-])cc(Nc2ccc(Br)c(C)c2)n1. The molecule has 0 fully saturated rings. The zero-order chi connectivity index (χ0) is 14.7. The van der Waals surface area contributed by atoms with Crippen LogP contribution in [0.3, 0.4) is 0 Å². The molecule has 0 atom stereocenters. The summed E-state index contributed by atoms with van der Waals surface area (Å²) < 4.78 is 1.01. The molecule has 2 N–H and O–H groups in total. The summed E-state index contributed by atoms with van der Waals surface area (Å²) in [6.45, 7) is 1.97. The number of nitro groups is 1. The van der Waals surface area contributed by atoms with Crippen molar-refractivity contribution in [3.05, 3.63) is 50.5 Å². The van der Waals surface area contributed by atoms with E-state index in [0.717, 1.165) is 15.7 Å². The van der Waals surface area contributed by atoms with Crippen LogP contribution in [0.25, 0.3) is 0 Å². The van der Waals surface area contributed by atoms with E-state index >= 15 is 0 Å². The first-order valence-corrected chi connectivity index (χ1v) is 6.66. The smallest absolute Gasteiger partial charge is 0.276 e. The Kier molecular flexibility index (Phi) is 4.19.